The van der Waals surface area contributed by atoms with Gasteiger partial charge in [-0.05, 0) is 6.07 Å². The lowest BCUT2D eigenvalue weighted by molar-refractivity contribution is 0.458. The van der Waals surface area contributed by atoms with Crippen molar-refractivity contribution in [2.45, 2.75) is 0 Å². The van der Waals surface area contributed by atoms with Crippen molar-refractivity contribution in [2.24, 2.45) is 0 Å². The van der Waals surface area contributed by atoms with E-state index in [1.165, 1.54) is 18.2 Å². The topological polar surface area (TPSA) is 98.6 Å². The van der Waals surface area contributed by atoms with Crippen molar-refractivity contribution in [3.63, 3.8) is 0 Å². The van der Waals surface area contributed by atoms with Crippen molar-refractivity contribution >= 4 is 22.7 Å². The van der Waals surface area contributed by atoms with E-state index < -0.39 is 11.4 Å². The van der Waals surface area contributed by atoms with E-state index in [2.05, 4.69) is 4.18 Å². The molecule has 0 fully saturated rings. The third-order valence-electron chi connectivity index (χ3n) is 1.12. The summed E-state index contributed by atoms with van der Waals surface area (Å²) in [6.07, 6.45) is 0. The van der Waals surface area contributed by atoms with Crippen LogP contribution < -0.4 is 15.7 Å². The minimum atomic E-state index is -2.34. The van der Waals surface area contributed by atoms with Crippen molar-refractivity contribution in [3.05, 3.63) is 18.2 Å². The van der Waals surface area contributed by atoms with Crippen LogP contribution in [0.15, 0.2) is 18.2 Å². The number of anilines is 2. The number of nitrogen functional groups attached to an aromatic ring is 2. The molecule has 0 spiro atoms. The summed E-state index contributed by atoms with van der Waals surface area (Å²) in [4.78, 5) is 0. The van der Waals surface area contributed by atoms with Crippen LogP contribution in [0, 0.1) is 0 Å². The molecule has 1 aromatic rings. The standard InChI is InChI=1S/C6H8N2O3S/c7-4-1-5(8)3-6(2-4)11-12(9)10/h1-3H,7-8H2,(H,9,10). The van der Waals surface area contributed by atoms with E-state index in [0.717, 1.165) is 0 Å². The molecule has 0 saturated carbocycles. The van der Waals surface area contributed by atoms with Crippen molar-refractivity contribution in [3.8, 4) is 5.75 Å². The molecule has 1 atom stereocenters. The fraction of sp³-hybridized carbons (Fsp3) is 0. The normalized spacial score (nSPS) is 12.4. The zero-order valence-electron chi connectivity index (χ0n) is 6.06. The molecule has 0 aliphatic heterocycles. The SMILES string of the molecule is Nc1cc(N)cc(OS(=O)O)c1. The van der Waals surface area contributed by atoms with Crippen LogP contribution in [0.4, 0.5) is 11.4 Å². The summed E-state index contributed by atoms with van der Waals surface area (Å²) < 4.78 is 23.0. The van der Waals surface area contributed by atoms with Gasteiger partial charge in [0, 0.05) is 23.5 Å². The molecule has 0 aromatic heterocycles. The maximum Gasteiger partial charge on any atom is 0.357 e. The van der Waals surface area contributed by atoms with Gasteiger partial charge in [-0.25, -0.2) is 0 Å². The monoisotopic (exact) mass is 188 g/mol. The van der Waals surface area contributed by atoms with Gasteiger partial charge in [0.2, 0.25) is 0 Å². The highest BCUT2D eigenvalue weighted by Gasteiger charge is 2.00. The van der Waals surface area contributed by atoms with E-state index in [0.29, 0.717) is 11.4 Å². The first-order chi connectivity index (χ1) is 5.58. The molecule has 0 amide bonds. The molecular formula is C6H8N2O3S. The van der Waals surface area contributed by atoms with Gasteiger partial charge in [-0.15, -0.1) is 0 Å². The second-order valence-corrected chi connectivity index (χ2v) is 2.74. The molecule has 0 saturated heterocycles. The molecule has 12 heavy (non-hydrogen) atoms. The Labute approximate surface area is 71.8 Å². The third-order valence-corrected chi connectivity index (χ3v) is 1.45. The van der Waals surface area contributed by atoms with Crippen LogP contribution in [-0.4, -0.2) is 8.76 Å². The van der Waals surface area contributed by atoms with Gasteiger partial charge >= 0.3 is 11.4 Å². The number of rotatable bonds is 2. The molecule has 0 aliphatic rings. The lowest BCUT2D eigenvalue weighted by atomic mass is 10.3. The van der Waals surface area contributed by atoms with Gasteiger partial charge in [0.15, 0.2) is 0 Å². The Kier molecular flexibility index (Phi) is 2.51. The molecular weight excluding hydrogens is 180 g/mol. The molecule has 1 rings (SSSR count). The number of hydrogen-bond acceptors (Lipinski definition) is 4. The predicted molar refractivity (Wildman–Crippen MR) is 46.7 cm³/mol. The van der Waals surface area contributed by atoms with Gasteiger partial charge < -0.3 is 15.7 Å². The number of nitrogens with two attached hydrogens (primary N) is 2. The van der Waals surface area contributed by atoms with Gasteiger partial charge in [0.25, 0.3) is 0 Å². The Morgan fingerprint density at radius 3 is 2.17 bits per heavy atom. The van der Waals surface area contributed by atoms with Gasteiger partial charge in [-0.1, -0.05) is 0 Å². The van der Waals surface area contributed by atoms with Gasteiger partial charge in [-0.3, -0.25) is 4.55 Å². The van der Waals surface area contributed by atoms with Crippen LogP contribution in [0.3, 0.4) is 0 Å². The quantitative estimate of drug-likeness (QED) is 0.460. The summed E-state index contributed by atoms with van der Waals surface area (Å²) in [6, 6.07) is 4.34. The summed E-state index contributed by atoms with van der Waals surface area (Å²) in [6.45, 7) is 0. The van der Waals surface area contributed by atoms with Gasteiger partial charge in [0.1, 0.15) is 5.75 Å². The van der Waals surface area contributed by atoms with E-state index in [1.807, 2.05) is 0 Å². The fourth-order valence-electron chi connectivity index (χ4n) is 0.776. The first-order valence-electron chi connectivity index (χ1n) is 3.03. The maximum absolute atomic E-state index is 10.2. The van der Waals surface area contributed by atoms with E-state index in [1.54, 1.807) is 0 Å². The molecule has 5 nitrogen and oxygen atoms in total. The molecule has 6 heteroatoms. The minimum Gasteiger partial charge on any atom is -0.399 e. The molecule has 0 radical (unpaired) electrons. The minimum absolute atomic E-state index is 0.174. The molecule has 0 aliphatic carbocycles. The van der Waals surface area contributed by atoms with E-state index in [9.17, 15) is 4.21 Å². The molecule has 0 bridgehead atoms. The summed E-state index contributed by atoms with van der Waals surface area (Å²) in [5.74, 6) is 0.174. The summed E-state index contributed by atoms with van der Waals surface area (Å²) in [7, 11) is 0. The largest absolute Gasteiger partial charge is 0.399 e. The van der Waals surface area contributed by atoms with E-state index in [4.69, 9.17) is 16.0 Å². The first-order valence-corrected chi connectivity index (χ1v) is 4.06. The Morgan fingerprint density at radius 2 is 1.75 bits per heavy atom. The highest BCUT2D eigenvalue weighted by Crippen LogP contribution is 2.20. The van der Waals surface area contributed by atoms with Crippen LogP contribution in [0.2, 0.25) is 0 Å². The average Bonchev–Trinajstić information content (AvgIpc) is 1.81. The fourth-order valence-corrected chi connectivity index (χ4v) is 1.04. The van der Waals surface area contributed by atoms with Crippen LogP contribution >= 0.6 is 0 Å². The molecule has 1 aromatic carbocycles. The predicted octanol–water partition coefficient (Wildman–Crippen LogP) is 0.366. The average molecular weight is 188 g/mol. The van der Waals surface area contributed by atoms with Gasteiger partial charge in [-0.2, -0.15) is 4.21 Å². The highest BCUT2D eigenvalue weighted by atomic mass is 32.2. The second-order valence-electron chi connectivity index (χ2n) is 2.14. The number of hydrogen-bond donors (Lipinski definition) is 3. The smallest absolute Gasteiger partial charge is 0.357 e. The summed E-state index contributed by atoms with van der Waals surface area (Å²) in [5.41, 5.74) is 11.6. The second kappa shape index (κ2) is 3.42. The maximum atomic E-state index is 10.2. The lowest BCUT2D eigenvalue weighted by Gasteiger charge is -2.02. The number of benzene rings is 1. The van der Waals surface area contributed by atoms with E-state index in [-0.39, 0.29) is 5.75 Å². The van der Waals surface area contributed by atoms with E-state index >= 15 is 0 Å². The Balaban J connectivity index is 2.93. The third kappa shape index (κ3) is 2.40. The molecule has 66 valence electrons. The molecule has 5 N–H and O–H groups in total. The Bertz CT molecular complexity index is 295. The zero-order chi connectivity index (χ0) is 9.14. The summed E-state index contributed by atoms with van der Waals surface area (Å²) in [5, 5.41) is 0. The van der Waals surface area contributed by atoms with Crippen LogP contribution in [-0.2, 0) is 11.4 Å². The first kappa shape index (κ1) is 8.82. The Morgan fingerprint density at radius 1 is 1.25 bits per heavy atom. The van der Waals surface area contributed by atoms with Crippen LogP contribution in [0.1, 0.15) is 0 Å². The Hall–Kier alpha value is -1.27. The zero-order valence-corrected chi connectivity index (χ0v) is 6.88. The highest BCUT2D eigenvalue weighted by molar-refractivity contribution is 7.74. The van der Waals surface area contributed by atoms with Crippen molar-refractivity contribution in [1.82, 2.24) is 0 Å². The van der Waals surface area contributed by atoms with Crippen molar-refractivity contribution < 1.29 is 12.9 Å². The van der Waals surface area contributed by atoms with Crippen LogP contribution in [0.25, 0.3) is 0 Å². The van der Waals surface area contributed by atoms with Crippen LogP contribution in [0.5, 0.6) is 5.75 Å². The van der Waals surface area contributed by atoms with Crippen molar-refractivity contribution in [1.29, 1.82) is 0 Å². The van der Waals surface area contributed by atoms with Crippen molar-refractivity contribution in [2.75, 3.05) is 11.5 Å². The molecule has 0 heterocycles. The lowest BCUT2D eigenvalue weighted by Crippen LogP contribution is -1.99. The van der Waals surface area contributed by atoms with Gasteiger partial charge in [0.05, 0.1) is 0 Å². The molecule has 1 unspecified atom stereocenters. The summed E-state index contributed by atoms with van der Waals surface area (Å²) >= 11 is -2.34.